The van der Waals surface area contributed by atoms with E-state index in [-0.39, 0.29) is 5.41 Å². The number of pyridine rings is 1. The minimum atomic E-state index is 0.0500. The Bertz CT molecular complexity index is 1710. The summed E-state index contributed by atoms with van der Waals surface area (Å²) in [5.74, 6) is 0.633. The Kier molecular flexibility index (Phi) is 4.91. The van der Waals surface area contributed by atoms with E-state index in [0.29, 0.717) is 5.92 Å². The van der Waals surface area contributed by atoms with Crippen molar-refractivity contribution in [2.24, 2.45) is 5.92 Å². The molecule has 34 heavy (non-hydrogen) atoms. The molecule has 172 valence electrons. The van der Waals surface area contributed by atoms with Crippen LogP contribution in [-0.2, 0) is 11.8 Å². The molecule has 2 nitrogen and oxygen atoms in total. The first kappa shape index (κ1) is 21.8. The second-order valence-electron chi connectivity index (χ2n) is 10.8. The summed E-state index contributed by atoms with van der Waals surface area (Å²) in [5, 5.41) is 7.16. The minimum Gasteiger partial charge on any atom is -0.456 e. The van der Waals surface area contributed by atoms with Crippen molar-refractivity contribution >= 4 is 64.8 Å². The van der Waals surface area contributed by atoms with Crippen LogP contribution in [0.1, 0.15) is 50.6 Å². The lowest BCUT2D eigenvalue weighted by atomic mass is 9.84. The molecule has 2 aromatic carbocycles. The number of benzene rings is 2. The number of aromatic nitrogens is 1. The summed E-state index contributed by atoms with van der Waals surface area (Å²) in [6.07, 6.45) is 2.99. The van der Waals surface area contributed by atoms with Gasteiger partial charge in [0.15, 0.2) is 0 Å². The SMILES string of the molecule is Cc1c(CC(C)C)sc2ccc3oc4ccnc(-c5cc(C(C)(C)C)c6sccc6c5)c4c3c12. The topological polar surface area (TPSA) is 26.0 Å². The van der Waals surface area contributed by atoms with Crippen LogP contribution in [0.4, 0.5) is 0 Å². The van der Waals surface area contributed by atoms with Crippen molar-refractivity contribution in [2.45, 2.75) is 53.4 Å². The van der Waals surface area contributed by atoms with E-state index in [1.54, 1.807) is 0 Å². The third-order valence-electron chi connectivity index (χ3n) is 6.76. The second kappa shape index (κ2) is 7.66. The Balaban J connectivity index is 1.72. The summed E-state index contributed by atoms with van der Waals surface area (Å²) in [6.45, 7) is 13.7. The van der Waals surface area contributed by atoms with Gasteiger partial charge < -0.3 is 4.42 Å². The van der Waals surface area contributed by atoms with Crippen molar-refractivity contribution in [2.75, 3.05) is 0 Å². The molecule has 0 aliphatic heterocycles. The van der Waals surface area contributed by atoms with Gasteiger partial charge in [-0.25, -0.2) is 0 Å². The van der Waals surface area contributed by atoms with Gasteiger partial charge in [0.25, 0.3) is 0 Å². The molecule has 6 aromatic rings. The third kappa shape index (κ3) is 3.30. The van der Waals surface area contributed by atoms with Crippen LogP contribution in [-0.4, -0.2) is 4.98 Å². The maximum absolute atomic E-state index is 6.40. The number of aryl methyl sites for hydroxylation is 1. The maximum atomic E-state index is 6.40. The number of hydrogen-bond acceptors (Lipinski definition) is 4. The fraction of sp³-hybridized carbons (Fsp3) is 0.300. The molecule has 0 bridgehead atoms. The van der Waals surface area contributed by atoms with Crippen molar-refractivity contribution in [3.8, 4) is 11.3 Å². The van der Waals surface area contributed by atoms with Gasteiger partial charge in [0.2, 0.25) is 0 Å². The van der Waals surface area contributed by atoms with E-state index in [1.165, 1.54) is 41.6 Å². The molecule has 0 aliphatic rings. The Labute approximate surface area is 208 Å². The van der Waals surface area contributed by atoms with Crippen LogP contribution in [0.25, 0.3) is 53.4 Å². The predicted molar refractivity (Wildman–Crippen MR) is 150 cm³/mol. The standard InChI is InChI=1S/C30H29NOS2/c1-16(2)13-24-17(3)25-23(34-24)8-7-21-26(25)27-22(32-21)9-11-31-28(27)19-14-18-10-12-33-29(18)20(15-19)30(4,5)6/h7-12,14-16H,13H2,1-6H3. The molecule has 0 aliphatic carbocycles. The van der Waals surface area contributed by atoms with E-state index in [9.17, 15) is 0 Å². The molecule has 0 N–H and O–H groups in total. The van der Waals surface area contributed by atoms with Gasteiger partial charge in [-0.1, -0.05) is 34.6 Å². The molecule has 0 spiro atoms. The van der Waals surface area contributed by atoms with E-state index in [1.807, 2.05) is 34.9 Å². The number of hydrogen-bond donors (Lipinski definition) is 0. The Morgan fingerprint density at radius 3 is 2.53 bits per heavy atom. The zero-order chi connectivity index (χ0) is 23.8. The van der Waals surface area contributed by atoms with Gasteiger partial charge in [0.05, 0.1) is 11.1 Å². The first-order chi connectivity index (χ1) is 16.2. The highest BCUT2D eigenvalue weighted by atomic mass is 32.1. The van der Waals surface area contributed by atoms with Gasteiger partial charge in [-0.15, -0.1) is 22.7 Å². The van der Waals surface area contributed by atoms with E-state index in [0.717, 1.165) is 34.2 Å². The van der Waals surface area contributed by atoms with Crippen LogP contribution in [0, 0.1) is 12.8 Å². The molecular weight excluding hydrogens is 454 g/mol. The lowest BCUT2D eigenvalue weighted by molar-refractivity contribution is 0.597. The van der Waals surface area contributed by atoms with Crippen LogP contribution >= 0.6 is 22.7 Å². The Hall–Kier alpha value is -2.69. The van der Waals surface area contributed by atoms with E-state index >= 15 is 0 Å². The molecule has 0 radical (unpaired) electrons. The fourth-order valence-corrected chi connectivity index (χ4v) is 7.69. The lowest BCUT2D eigenvalue weighted by Gasteiger charge is -2.21. The molecular formula is C30H29NOS2. The van der Waals surface area contributed by atoms with Gasteiger partial charge >= 0.3 is 0 Å². The highest BCUT2D eigenvalue weighted by molar-refractivity contribution is 7.19. The van der Waals surface area contributed by atoms with Crippen molar-refractivity contribution in [1.82, 2.24) is 4.98 Å². The highest BCUT2D eigenvalue weighted by Gasteiger charge is 2.23. The average molecular weight is 484 g/mol. The molecule has 0 unspecified atom stereocenters. The molecule has 4 heteroatoms. The first-order valence-electron chi connectivity index (χ1n) is 12.0. The smallest absolute Gasteiger partial charge is 0.139 e. The summed E-state index contributed by atoms with van der Waals surface area (Å²) in [5.41, 5.74) is 6.84. The zero-order valence-electron chi connectivity index (χ0n) is 20.6. The van der Waals surface area contributed by atoms with Gasteiger partial charge in [0.1, 0.15) is 11.2 Å². The normalized spacial score (nSPS) is 12.8. The van der Waals surface area contributed by atoms with Crippen LogP contribution in [0.3, 0.4) is 0 Å². The Morgan fingerprint density at radius 2 is 1.76 bits per heavy atom. The highest BCUT2D eigenvalue weighted by Crippen LogP contribution is 2.45. The van der Waals surface area contributed by atoms with Gasteiger partial charge in [-0.2, -0.15) is 0 Å². The Morgan fingerprint density at radius 1 is 0.971 bits per heavy atom. The van der Waals surface area contributed by atoms with E-state index in [2.05, 4.69) is 77.3 Å². The van der Waals surface area contributed by atoms with Crippen LogP contribution in [0.2, 0.25) is 0 Å². The number of thiophene rings is 2. The fourth-order valence-electron chi connectivity index (χ4n) is 5.15. The number of fused-ring (bicyclic) bond motifs is 6. The monoisotopic (exact) mass is 483 g/mol. The summed E-state index contributed by atoms with van der Waals surface area (Å²) in [4.78, 5) is 6.43. The first-order valence-corrected chi connectivity index (χ1v) is 13.7. The molecule has 6 rings (SSSR count). The van der Waals surface area contributed by atoms with Crippen molar-refractivity contribution in [3.05, 3.63) is 64.0 Å². The zero-order valence-corrected chi connectivity index (χ0v) is 22.2. The molecule has 4 heterocycles. The molecule has 0 atom stereocenters. The average Bonchev–Trinajstić information content (AvgIpc) is 3.47. The predicted octanol–water partition coefficient (Wildman–Crippen LogP) is 9.88. The van der Waals surface area contributed by atoms with Crippen molar-refractivity contribution in [3.63, 3.8) is 0 Å². The van der Waals surface area contributed by atoms with Crippen molar-refractivity contribution < 1.29 is 4.42 Å². The number of nitrogens with zero attached hydrogens (tertiary/aromatic N) is 1. The quantitative estimate of drug-likeness (QED) is 0.250. The number of rotatable bonds is 3. The summed E-state index contributed by atoms with van der Waals surface area (Å²) in [7, 11) is 0. The molecule has 0 fully saturated rings. The molecule has 0 saturated carbocycles. The summed E-state index contributed by atoms with van der Waals surface area (Å²) in [6, 6.07) is 13.3. The van der Waals surface area contributed by atoms with Crippen molar-refractivity contribution in [1.29, 1.82) is 0 Å². The largest absolute Gasteiger partial charge is 0.456 e. The van der Waals surface area contributed by atoms with E-state index in [4.69, 9.17) is 9.40 Å². The van der Waals surface area contributed by atoms with Crippen LogP contribution in [0.15, 0.2) is 52.4 Å². The van der Waals surface area contributed by atoms with Gasteiger partial charge in [-0.3, -0.25) is 4.98 Å². The molecule has 0 amide bonds. The minimum absolute atomic E-state index is 0.0500. The maximum Gasteiger partial charge on any atom is 0.139 e. The molecule has 0 saturated heterocycles. The summed E-state index contributed by atoms with van der Waals surface area (Å²) < 4.78 is 9.11. The number of furan rings is 1. The summed E-state index contributed by atoms with van der Waals surface area (Å²) >= 11 is 3.76. The van der Waals surface area contributed by atoms with Crippen LogP contribution in [0.5, 0.6) is 0 Å². The van der Waals surface area contributed by atoms with Gasteiger partial charge in [-0.05, 0) is 83.0 Å². The van der Waals surface area contributed by atoms with E-state index < -0.39 is 0 Å². The second-order valence-corrected chi connectivity index (χ2v) is 12.9. The third-order valence-corrected chi connectivity index (χ3v) is 9.01. The lowest BCUT2D eigenvalue weighted by Crippen LogP contribution is -2.11. The van der Waals surface area contributed by atoms with Gasteiger partial charge in [0, 0.05) is 36.8 Å². The van der Waals surface area contributed by atoms with Crippen LogP contribution < -0.4 is 0 Å². The molecule has 4 aromatic heterocycles.